The summed E-state index contributed by atoms with van der Waals surface area (Å²) in [7, 11) is 1.19. The van der Waals surface area contributed by atoms with Crippen LogP contribution in [-0.2, 0) is 38.8 Å². The van der Waals surface area contributed by atoms with Crippen molar-refractivity contribution in [3.05, 3.63) is 82.9 Å². The summed E-state index contributed by atoms with van der Waals surface area (Å²) in [6, 6.07) is 10.8. The molecule has 0 heterocycles. The van der Waals surface area contributed by atoms with Gasteiger partial charge in [-0.05, 0) is 48.2 Å². The smallest absolute Gasteiger partial charge is 0.407 e. The zero-order valence-electron chi connectivity index (χ0n) is 19.8. The fourth-order valence-corrected chi connectivity index (χ4v) is 2.92. The van der Waals surface area contributed by atoms with Crippen molar-refractivity contribution in [2.75, 3.05) is 20.2 Å². The normalized spacial score (nSPS) is 10.8. The van der Waals surface area contributed by atoms with Gasteiger partial charge in [-0.2, -0.15) is 0 Å². The van der Waals surface area contributed by atoms with E-state index in [1.165, 1.54) is 13.2 Å². The number of hydrogen-bond acceptors (Lipinski definition) is 7. The van der Waals surface area contributed by atoms with Crippen LogP contribution in [0, 0.1) is 11.6 Å². The minimum atomic E-state index is -0.979. The summed E-state index contributed by atoms with van der Waals surface area (Å²) in [6.07, 6.45) is 2.50. The Hall–Kier alpha value is -3.83. The molecule has 0 saturated heterocycles. The zero-order valence-corrected chi connectivity index (χ0v) is 19.8. The van der Waals surface area contributed by atoms with E-state index < -0.39 is 29.6 Å². The van der Waals surface area contributed by atoms with Crippen molar-refractivity contribution in [2.45, 2.75) is 32.5 Å². The first-order chi connectivity index (χ1) is 17.3. The predicted octanol–water partition coefficient (Wildman–Crippen LogP) is 3.21. The Morgan fingerprint density at radius 2 is 1.64 bits per heavy atom. The Bertz CT molecular complexity index is 1050. The highest BCUT2D eigenvalue weighted by atomic mass is 19.2. The van der Waals surface area contributed by atoms with E-state index in [2.05, 4.69) is 15.4 Å². The SMILES string of the molecule is COC(=O)/C=C/C(=O)N(O)CCCCNCc1ccc(COC(=O)NCc2ccc(F)c(F)c2)cc1. The number of unbranched alkanes of at least 4 members (excludes halogenated alkanes) is 1. The number of ether oxygens (including phenoxy) is 2. The second-order valence-corrected chi connectivity index (χ2v) is 7.70. The van der Waals surface area contributed by atoms with E-state index >= 15 is 0 Å². The predicted molar refractivity (Wildman–Crippen MR) is 125 cm³/mol. The molecule has 36 heavy (non-hydrogen) atoms. The first-order valence-corrected chi connectivity index (χ1v) is 11.2. The maximum atomic E-state index is 13.2. The monoisotopic (exact) mass is 505 g/mol. The molecular formula is C25H29F2N3O6. The highest BCUT2D eigenvalue weighted by Crippen LogP contribution is 2.09. The number of methoxy groups -OCH3 is 1. The van der Waals surface area contributed by atoms with Crippen LogP contribution >= 0.6 is 0 Å². The van der Waals surface area contributed by atoms with Crippen LogP contribution in [0.1, 0.15) is 29.5 Å². The molecule has 0 unspecified atom stereocenters. The first kappa shape index (κ1) is 28.4. The molecule has 0 spiro atoms. The lowest BCUT2D eigenvalue weighted by Gasteiger charge is -2.12. The number of halogens is 2. The lowest BCUT2D eigenvalue weighted by Crippen LogP contribution is -2.27. The number of nitrogens with zero attached hydrogens (tertiary/aromatic N) is 1. The standard InChI is InChI=1S/C25H29F2N3O6/c1-35-24(32)11-10-23(31)30(34)13-3-2-12-28-15-18-4-6-19(7-5-18)17-36-25(33)29-16-20-8-9-21(26)22(27)14-20/h4-11,14,28,34H,2-3,12-13,15-17H2,1H3,(H,29,33)/b11-10+. The Balaban J connectivity index is 1.58. The lowest BCUT2D eigenvalue weighted by atomic mass is 10.1. The number of nitrogens with one attached hydrogen (secondary N) is 2. The van der Waals surface area contributed by atoms with Crippen molar-refractivity contribution in [3.8, 4) is 0 Å². The van der Waals surface area contributed by atoms with Crippen molar-refractivity contribution in [2.24, 2.45) is 0 Å². The van der Waals surface area contributed by atoms with E-state index in [0.717, 1.165) is 41.8 Å². The highest BCUT2D eigenvalue weighted by molar-refractivity contribution is 5.93. The summed E-state index contributed by atoms with van der Waals surface area (Å²) in [6.45, 7) is 1.49. The minimum Gasteiger partial charge on any atom is -0.466 e. The Morgan fingerprint density at radius 3 is 2.33 bits per heavy atom. The second kappa shape index (κ2) is 15.2. The van der Waals surface area contributed by atoms with Crippen LogP contribution in [0.5, 0.6) is 0 Å². The third kappa shape index (κ3) is 10.6. The molecule has 0 bridgehead atoms. The maximum Gasteiger partial charge on any atom is 0.407 e. The third-order valence-corrected chi connectivity index (χ3v) is 4.93. The highest BCUT2D eigenvalue weighted by Gasteiger charge is 2.08. The van der Waals surface area contributed by atoms with E-state index in [1.54, 1.807) is 0 Å². The molecule has 0 atom stereocenters. The molecule has 2 amide bonds. The van der Waals surface area contributed by atoms with Gasteiger partial charge in [0, 0.05) is 31.8 Å². The van der Waals surface area contributed by atoms with E-state index in [9.17, 15) is 28.4 Å². The second-order valence-electron chi connectivity index (χ2n) is 7.70. The Kier molecular flexibility index (Phi) is 12.0. The number of carbonyl (C=O) groups is 3. The van der Waals surface area contributed by atoms with Gasteiger partial charge >= 0.3 is 12.1 Å². The molecule has 0 fully saturated rings. The van der Waals surface area contributed by atoms with Gasteiger partial charge in [0.05, 0.1) is 7.11 Å². The van der Waals surface area contributed by atoms with Gasteiger partial charge in [-0.25, -0.2) is 23.4 Å². The maximum absolute atomic E-state index is 13.2. The van der Waals surface area contributed by atoms with Crippen molar-refractivity contribution in [1.29, 1.82) is 0 Å². The first-order valence-electron chi connectivity index (χ1n) is 11.2. The largest absolute Gasteiger partial charge is 0.466 e. The average molecular weight is 506 g/mol. The molecule has 0 aliphatic carbocycles. The number of carbonyl (C=O) groups excluding carboxylic acids is 3. The van der Waals surface area contributed by atoms with Gasteiger partial charge < -0.3 is 20.1 Å². The Labute approximate surface area is 207 Å². The number of hydroxylamine groups is 2. The molecule has 0 radical (unpaired) electrons. The molecule has 2 aromatic rings. The Morgan fingerprint density at radius 1 is 0.944 bits per heavy atom. The van der Waals surface area contributed by atoms with E-state index in [0.29, 0.717) is 30.1 Å². The van der Waals surface area contributed by atoms with Crippen LogP contribution in [0.4, 0.5) is 13.6 Å². The molecule has 0 aromatic heterocycles. The number of hydrogen-bond donors (Lipinski definition) is 3. The lowest BCUT2D eigenvalue weighted by molar-refractivity contribution is -0.159. The van der Waals surface area contributed by atoms with Gasteiger partial charge in [0.2, 0.25) is 0 Å². The molecule has 0 aliphatic rings. The van der Waals surface area contributed by atoms with Gasteiger partial charge in [0.25, 0.3) is 5.91 Å². The summed E-state index contributed by atoms with van der Waals surface area (Å²) in [5.74, 6) is -3.30. The fourth-order valence-electron chi connectivity index (χ4n) is 2.92. The molecule has 11 heteroatoms. The van der Waals surface area contributed by atoms with Crippen LogP contribution < -0.4 is 10.6 Å². The van der Waals surface area contributed by atoms with Gasteiger partial charge in [-0.1, -0.05) is 30.3 Å². The van der Waals surface area contributed by atoms with Crippen molar-refractivity contribution in [3.63, 3.8) is 0 Å². The number of benzene rings is 2. The van der Waals surface area contributed by atoms with Gasteiger partial charge in [-0.15, -0.1) is 0 Å². The average Bonchev–Trinajstić information content (AvgIpc) is 2.88. The molecule has 194 valence electrons. The summed E-state index contributed by atoms with van der Waals surface area (Å²) in [5, 5.41) is 15.9. The molecule has 2 aromatic carbocycles. The van der Waals surface area contributed by atoms with Crippen molar-refractivity contribution < 1.29 is 37.8 Å². The molecular weight excluding hydrogens is 476 g/mol. The number of amides is 2. The molecule has 3 N–H and O–H groups in total. The summed E-state index contributed by atoms with van der Waals surface area (Å²) < 4.78 is 35.6. The van der Waals surface area contributed by atoms with Gasteiger partial charge in [0.15, 0.2) is 11.6 Å². The summed E-state index contributed by atoms with van der Waals surface area (Å²) in [4.78, 5) is 34.4. The number of alkyl carbamates (subject to hydrolysis) is 1. The van der Waals surface area contributed by atoms with Crippen LogP contribution in [0.25, 0.3) is 0 Å². The topological polar surface area (TPSA) is 117 Å². The zero-order chi connectivity index (χ0) is 26.3. The quantitative estimate of drug-likeness (QED) is 0.126. The fraction of sp³-hybridized carbons (Fsp3) is 0.320. The number of rotatable bonds is 13. The molecule has 0 saturated carbocycles. The number of esters is 1. The van der Waals surface area contributed by atoms with E-state index in [1.807, 2.05) is 24.3 Å². The summed E-state index contributed by atoms with van der Waals surface area (Å²) in [5.41, 5.74) is 2.22. The van der Waals surface area contributed by atoms with Crippen molar-refractivity contribution in [1.82, 2.24) is 15.7 Å². The van der Waals surface area contributed by atoms with E-state index in [-0.39, 0.29) is 19.7 Å². The van der Waals surface area contributed by atoms with Gasteiger partial charge in [-0.3, -0.25) is 10.0 Å². The summed E-state index contributed by atoms with van der Waals surface area (Å²) >= 11 is 0. The van der Waals surface area contributed by atoms with Crippen LogP contribution in [-0.4, -0.2) is 48.4 Å². The third-order valence-electron chi connectivity index (χ3n) is 4.93. The van der Waals surface area contributed by atoms with E-state index in [4.69, 9.17) is 4.74 Å². The minimum absolute atomic E-state index is 0.0136. The van der Waals surface area contributed by atoms with Crippen LogP contribution in [0.3, 0.4) is 0 Å². The van der Waals surface area contributed by atoms with Crippen LogP contribution in [0.15, 0.2) is 54.6 Å². The van der Waals surface area contributed by atoms with Crippen molar-refractivity contribution >= 4 is 18.0 Å². The molecule has 2 rings (SSSR count). The molecule has 0 aliphatic heterocycles. The molecule has 9 nitrogen and oxygen atoms in total. The van der Waals surface area contributed by atoms with Gasteiger partial charge in [0.1, 0.15) is 6.61 Å². The van der Waals surface area contributed by atoms with Crippen LogP contribution in [0.2, 0.25) is 0 Å².